The van der Waals surface area contributed by atoms with E-state index in [1.54, 1.807) is 11.3 Å². The highest BCUT2D eigenvalue weighted by Crippen LogP contribution is 2.31. The molecule has 0 spiro atoms. The minimum Gasteiger partial charge on any atom is -0.370 e. The van der Waals surface area contributed by atoms with Crippen LogP contribution in [0.2, 0.25) is 0 Å². The monoisotopic (exact) mass is 370 g/mol. The van der Waals surface area contributed by atoms with Gasteiger partial charge >= 0.3 is 0 Å². The predicted molar refractivity (Wildman–Crippen MR) is 101 cm³/mol. The second-order valence-corrected chi connectivity index (χ2v) is 7.75. The fraction of sp³-hybridized carbons (Fsp3) is 0.263. The molecule has 6 heteroatoms. The minimum absolute atomic E-state index is 0.0562. The van der Waals surface area contributed by atoms with Crippen LogP contribution in [0.4, 0.5) is 0 Å². The topological polar surface area (TPSA) is 42.4 Å². The quantitative estimate of drug-likeness (QED) is 0.686. The summed E-state index contributed by atoms with van der Waals surface area (Å²) >= 11 is 3.12. The number of morpholine rings is 1. The van der Waals surface area contributed by atoms with Gasteiger partial charge in [0.1, 0.15) is 16.0 Å². The van der Waals surface area contributed by atoms with Gasteiger partial charge in [0.2, 0.25) is 0 Å². The Hall–Kier alpha value is -2.02. The van der Waals surface area contributed by atoms with Gasteiger partial charge in [0, 0.05) is 17.5 Å². The summed E-state index contributed by atoms with van der Waals surface area (Å²) in [5.74, 6) is 0.0562. The minimum atomic E-state index is -0.0662. The number of rotatable bonds is 3. The number of aromatic nitrogens is 1. The number of amides is 1. The number of hydrogen-bond donors (Lipinski definition) is 0. The summed E-state index contributed by atoms with van der Waals surface area (Å²) in [5, 5.41) is 5.00. The maximum Gasteiger partial charge on any atom is 0.266 e. The molecule has 0 N–H and O–H groups in total. The van der Waals surface area contributed by atoms with Crippen LogP contribution in [0, 0.1) is 6.92 Å². The molecule has 1 atom stereocenters. The van der Waals surface area contributed by atoms with E-state index in [0.717, 1.165) is 26.7 Å². The first-order chi connectivity index (χ1) is 12.2. The zero-order chi connectivity index (χ0) is 17.2. The molecule has 1 amide bonds. The molecule has 4 nitrogen and oxygen atoms in total. The first-order valence-electron chi connectivity index (χ1n) is 8.18. The van der Waals surface area contributed by atoms with Crippen molar-refractivity contribution in [2.75, 3.05) is 19.7 Å². The van der Waals surface area contributed by atoms with Crippen molar-refractivity contribution in [3.05, 3.63) is 63.3 Å². The molecular weight excluding hydrogens is 352 g/mol. The predicted octanol–water partition coefficient (Wildman–Crippen LogP) is 4.39. The number of nitrogens with zero attached hydrogens (tertiary/aromatic N) is 2. The van der Waals surface area contributed by atoms with Crippen LogP contribution in [0.1, 0.15) is 27.0 Å². The zero-order valence-corrected chi connectivity index (χ0v) is 15.5. The van der Waals surface area contributed by atoms with Gasteiger partial charge in [-0.3, -0.25) is 4.79 Å². The molecule has 0 aliphatic carbocycles. The van der Waals surface area contributed by atoms with Crippen LogP contribution in [0.15, 0.2) is 47.2 Å². The average molecular weight is 370 g/mol. The van der Waals surface area contributed by atoms with Crippen LogP contribution in [0.3, 0.4) is 0 Å². The molecule has 4 rings (SSSR count). The first kappa shape index (κ1) is 16.4. The van der Waals surface area contributed by atoms with Crippen molar-refractivity contribution in [1.82, 2.24) is 9.88 Å². The number of aryl methyl sites for hydroxylation is 1. The molecule has 2 aromatic heterocycles. The van der Waals surface area contributed by atoms with Gasteiger partial charge in [0.05, 0.1) is 18.8 Å². The lowest BCUT2D eigenvalue weighted by Crippen LogP contribution is -2.42. The van der Waals surface area contributed by atoms with E-state index >= 15 is 0 Å². The van der Waals surface area contributed by atoms with Crippen LogP contribution >= 0.6 is 22.7 Å². The number of thiazole rings is 1. The van der Waals surface area contributed by atoms with Gasteiger partial charge in [-0.05, 0) is 23.9 Å². The lowest BCUT2D eigenvalue weighted by Gasteiger charge is -2.33. The Kier molecular flexibility index (Phi) is 4.65. The molecule has 25 heavy (non-hydrogen) atoms. The van der Waals surface area contributed by atoms with Crippen LogP contribution < -0.4 is 0 Å². The third-order valence-electron chi connectivity index (χ3n) is 4.28. The van der Waals surface area contributed by atoms with Crippen molar-refractivity contribution in [2.45, 2.75) is 13.0 Å². The molecule has 1 aromatic carbocycles. The fourth-order valence-electron chi connectivity index (χ4n) is 2.95. The molecule has 0 bridgehead atoms. The smallest absolute Gasteiger partial charge is 0.266 e. The molecule has 0 radical (unpaired) electrons. The Labute approximate surface area is 154 Å². The molecule has 1 aliphatic heterocycles. The maximum absolute atomic E-state index is 13.0. The summed E-state index contributed by atoms with van der Waals surface area (Å²) < 4.78 is 5.87. The third kappa shape index (κ3) is 3.38. The van der Waals surface area contributed by atoms with Gasteiger partial charge < -0.3 is 9.64 Å². The van der Waals surface area contributed by atoms with Crippen LogP contribution in [-0.2, 0) is 4.74 Å². The summed E-state index contributed by atoms with van der Waals surface area (Å²) in [4.78, 5) is 20.2. The Balaban J connectivity index is 1.54. The lowest BCUT2D eigenvalue weighted by molar-refractivity contribution is -0.0226. The first-order valence-corrected chi connectivity index (χ1v) is 9.94. The van der Waals surface area contributed by atoms with Crippen molar-refractivity contribution >= 4 is 28.6 Å². The second kappa shape index (κ2) is 7.07. The molecule has 1 unspecified atom stereocenters. The van der Waals surface area contributed by atoms with Crippen molar-refractivity contribution in [2.24, 2.45) is 0 Å². The molecular formula is C19H18N2O2S2. The summed E-state index contributed by atoms with van der Waals surface area (Å²) in [5.41, 5.74) is 3.00. The Bertz CT molecular complexity index is 859. The number of ether oxygens (including phenoxy) is 1. The molecule has 1 saturated heterocycles. The lowest BCUT2D eigenvalue weighted by atomic mass is 10.1. The molecule has 0 saturated carbocycles. The standard InChI is InChI=1S/C19H18N2O2S2/c1-13-17(25-18(20-13)15-7-10-24-12-15)19(22)21-8-9-23-16(11-21)14-5-3-2-4-6-14/h2-7,10,12,16H,8-9,11H2,1H3. The summed E-state index contributed by atoms with van der Waals surface area (Å²) in [6.07, 6.45) is -0.0662. The van der Waals surface area contributed by atoms with Gasteiger partial charge in [-0.1, -0.05) is 30.3 Å². The van der Waals surface area contributed by atoms with E-state index in [-0.39, 0.29) is 12.0 Å². The van der Waals surface area contributed by atoms with Crippen LogP contribution in [0.5, 0.6) is 0 Å². The van der Waals surface area contributed by atoms with Gasteiger partial charge in [0.25, 0.3) is 5.91 Å². The van der Waals surface area contributed by atoms with Crippen molar-refractivity contribution in [3.63, 3.8) is 0 Å². The Morgan fingerprint density at radius 2 is 2.12 bits per heavy atom. The van der Waals surface area contributed by atoms with Crippen LogP contribution in [-0.4, -0.2) is 35.5 Å². The number of benzene rings is 1. The van der Waals surface area contributed by atoms with Crippen molar-refractivity contribution < 1.29 is 9.53 Å². The van der Waals surface area contributed by atoms with E-state index in [1.807, 2.05) is 53.6 Å². The maximum atomic E-state index is 13.0. The number of thiophene rings is 1. The number of hydrogen-bond acceptors (Lipinski definition) is 5. The SMILES string of the molecule is Cc1nc(-c2ccsc2)sc1C(=O)N1CCOC(c2ccccc2)C1. The molecule has 1 fully saturated rings. The average Bonchev–Trinajstić information content (AvgIpc) is 3.31. The van der Waals surface area contributed by atoms with E-state index in [0.29, 0.717) is 19.7 Å². The van der Waals surface area contributed by atoms with E-state index in [2.05, 4.69) is 10.4 Å². The van der Waals surface area contributed by atoms with Crippen LogP contribution in [0.25, 0.3) is 10.6 Å². The normalized spacial score (nSPS) is 17.6. The zero-order valence-electron chi connectivity index (χ0n) is 13.8. The van der Waals surface area contributed by atoms with Gasteiger partial charge in [0.15, 0.2) is 0 Å². The van der Waals surface area contributed by atoms with Crippen molar-refractivity contribution in [3.8, 4) is 10.6 Å². The highest BCUT2D eigenvalue weighted by Gasteiger charge is 2.28. The highest BCUT2D eigenvalue weighted by molar-refractivity contribution is 7.17. The van der Waals surface area contributed by atoms with Crippen molar-refractivity contribution in [1.29, 1.82) is 0 Å². The van der Waals surface area contributed by atoms with Gasteiger partial charge in [-0.2, -0.15) is 11.3 Å². The van der Waals surface area contributed by atoms with Gasteiger partial charge in [-0.15, -0.1) is 11.3 Å². The van der Waals surface area contributed by atoms with E-state index < -0.39 is 0 Å². The molecule has 3 aromatic rings. The Morgan fingerprint density at radius 3 is 2.88 bits per heavy atom. The summed E-state index contributed by atoms with van der Waals surface area (Å²) in [7, 11) is 0. The summed E-state index contributed by atoms with van der Waals surface area (Å²) in [6, 6.07) is 12.1. The van der Waals surface area contributed by atoms with E-state index in [4.69, 9.17) is 4.74 Å². The summed E-state index contributed by atoms with van der Waals surface area (Å²) in [6.45, 7) is 3.66. The van der Waals surface area contributed by atoms with E-state index in [1.165, 1.54) is 11.3 Å². The molecule has 3 heterocycles. The van der Waals surface area contributed by atoms with E-state index in [9.17, 15) is 4.79 Å². The third-order valence-corrected chi connectivity index (χ3v) is 6.16. The fourth-order valence-corrected chi connectivity index (χ4v) is 4.70. The molecule has 1 aliphatic rings. The number of carbonyl (C=O) groups excluding carboxylic acids is 1. The highest BCUT2D eigenvalue weighted by atomic mass is 32.1. The largest absolute Gasteiger partial charge is 0.370 e. The second-order valence-electron chi connectivity index (χ2n) is 5.97. The Morgan fingerprint density at radius 1 is 1.28 bits per heavy atom. The van der Waals surface area contributed by atoms with Gasteiger partial charge in [-0.25, -0.2) is 4.98 Å². The molecule has 128 valence electrons. The number of carbonyl (C=O) groups is 1.